The molecule has 0 bridgehead atoms. The first-order valence-corrected chi connectivity index (χ1v) is 9.01. The van der Waals surface area contributed by atoms with E-state index in [-0.39, 0.29) is 17.1 Å². The van der Waals surface area contributed by atoms with Gasteiger partial charge in [0.05, 0.1) is 23.0 Å². The molecule has 24 heavy (non-hydrogen) atoms. The van der Waals surface area contributed by atoms with Crippen molar-refractivity contribution in [1.82, 2.24) is 10.2 Å². The van der Waals surface area contributed by atoms with Crippen LogP contribution in [-0.4, -0.2) is 60.4 Å². The number of ether oxygens (including phenoxy) is 1. The molecule has 1 aromatic rings. The third kappa shape index (κ3) is 4.46. The minimum Gasteiger partial charge on any atom is -0.379 e. The van der Waals surface area contributed by atoms with Crippen molar-refractivity contribution in [2.45, 2.75) is 24.3 Å². The van der Waals surface area contributed by atoms with Crippen molar-refractivity contribution < 1.29 is 14.5 Å². The molecule has 1 aliphatic heterocycles. The van der Waals surface area contributed by atoms with E-state index in [4.69, 9.17) is 4.74 Å². The van der Waals surface area contributed by atoms with Gasteiger partial charge in [-0.15, -0.1) is 11.8 Å². The van der Waals surface area contributed by atoms with Gasteiger partial charge in [0.15, 0.2) is 0 Å². The average Bonchev–Trinajstić information content (AvgIpc) is 2.59. The van der Waals surface area contributed by atoms with Gasteiger partial charge in [-0.3, -0.25) is 19.8 Å². The van der Waals surface area contributed by atoms with Crippen molar-refractivity contribution in [1.29, 1.82) is 0 Å². The molecule has 0 saturated carbocycles. The summed E-state index contributed by atoms with van der Waals surface area (Å²) in [5.74, 6) is -0.299. The fourth-order valence-electron chi connectivity index (χ4n) is 2.65. The molecule has 0 unspecified atom stereocenters. The minimum absolute atomic E-state index is 0.0393. The van der Waals surface area contributed by atoms with Crippen molar-refractivity contribution in [2.75, 3.05) is 39.1 Å². The Labute approximate surface area is 145 Å². The Morgan fingerprint density at radius 2 is 2.08 bits per heavy atom. The molecule has 0 radical (unpaired) electrons. The molecule has 1 saturated heterocycles. The fraction of sp³-hybridized carbons (Fsp3) is 0.562. The van der Waals surface area contributed by atoms with Crippen LogP contribution in [0.3, 0.4) is 0 Å². The van der Waals surface area contributed by atoms with E-state index in [9.17, 15) is 14.9 Å². The van der Waals surface area contributed by atoms with Gasteiger partial charge >= 0.3 is 0 Å². The van der Waals surface area contributed by atoms with Gasteiger partial charge in [0.2, 0.25) is 0 Å². The zero-order valence-corrected chi connectivity index (χ0v) is 15.0. The SMILES string of the molecule is CSc1ccc(C(=O)NCC(C)(C)N2CCOCC2)cc1[N+](=O)[O-]. The molecule has 1 heterocycles. The van der Waals surface area contributed by atoms with Crippen LogP contribution >= 0.6 is 11.8 Å². The summed E-state index contributed by atoms with van der Waals surface area (Å²) < 4.78 is 5.35. The highest BCUT2D eigenvalue weighted by Crippen LogP contribution is 2.28. The number of nitro groups is 1. The molecule has 0 aliphatic carbocycles. The molecule has 1 N–H and O–H groups in total. The molecule has 1 aromatic carbocycles. The van der Waals surface area contributed by atoms with Crippen molar-refractivity contribution in [3.05, 3.63) is 33.9 Å². The van der Waals surface area contributed by atoms with E-state index in [0.717, 1.165) is 13.1 Å². The summed E-state index contributed by atoms with van der Waals surface area (Å²) in [6.07, 6.45) is 1.77. The van der Waals surface area contributed by atoms with Gasteiger partial charge in [0, 0.05) is 36.8 Å². The predicted octanol–water partition coefficient (Wildman–Crippen LogP) is 2.16. The number of benzene rings is 1. The van der Waals surface area contributed by atoms with Crippen LogP contribution in [0.1, 0.15) is 24.2 Å². The largest absolute Gasteiger partial charge is 0.379 e. The maximum Gasteiger partial charge on any atom is 0.283 e. The number of nitro benzene ring substituents is 1. The van der Waals surface area contributed by atoms with Crippen LogP contribution in [0, 0.1) is 10.1 Å². The van der Waals surface area contributed by atoms with E-state index >= 15 is 0 Å². The highest BCUT2D eigenvalue weighted by atomic mass is 32.2. The first-order valence-electron chi connectivity index (χ1n) is 7.78. The number of thioether (sulfide) groups is 1. The number of hydrogen-bond acceptors (Lipinski definition) is 6. The van der Waals surface area contributed by atoms with Gasteiger partial charge < -0.3 is 10.1 Å². The van der Waals surface area contributed by atoms with Crippen molar-refractivity contribution in [3.8, 4) is 0 Å². The first-order chi connectivity index (χ1) is 11.3. The van der Waals surface area contributed by atoms with E-state index in [1.807, 2.05) is 0 Å². The van der Waals surface area contributed by atoms with Crippen LogP contribution in [0.25, 0.3) is 0 Å². The molecule has 1 aliphatic rings. The van der Waals surface area contributed by atoms with E-state index in [1.54, 1.807) is 18.4 Å². The maximum atomic E-state index is 12.4. The Morgan fingerprint density at radius 1 is 1.42 bits per heavy atom. The van der Waals surface area contributed by atoms with Gasteiger partial charge in [0.25, 0.3) is 11.6 Å². The molecule has 8 heteroatoms. The Bertz CT molecular complexity index is 615. The molecular formula is C16H23N3O4S. The van der Waals surface area contributed by atoms with E-state index in [0.29, 0.717) is 30.2 Å². The van der Waals surface area contributed by atoms with Crippen LogP contribution in [0.4, 0.5) is 5.69 Å². The molecular weight excluding hydrogens is 330 g/mol. The Balaban J connectivity index is 2.04. The number of amides is 1. The van der Waals surface area contributed by atoms with Crippen molar-refractivity contribution in [3.63, 3.8) is 0 Å². The second-order valence-electron chi connectivity index (χ2n) is 6.24. The second-order valence-corrected chi connectivity index (χ2v) is 7.09. The molecule has 2 rings (SSSR count). The normalized spacial score (nSPS) is 16.0. The molecule has 1 fully saturated rings. The van der Waals surface area contributed by atoms with Gasteiger partial charge in [0.1, 0.15) is 0 Å². The monoisotopic (exact) mass is 353 g/mol. The smallest absolute Gasteiger partial charge is 0.283 e. The summed E-state index contributed by atoms with van der Waals surface area (Å²) in [7, 11) is 0. The third-order valence-corrected chi connectivity index (χ3v) is 4.97. The van der Waals surface area contributed by atoms with Crippen LogP contribution in [0.5, 0.6) is 0 Å². The lowest BCUT2D eigenvalue weighted by atomic mass is 10.0. The lowest BCUT2D eigenvalue weighted by Gasteiger charge is -2.40. The molecule has 0 atom stereocenters. The van der Waals surface area contributed by atoms with Crippen LogP contribution in [0.15, 0.2) is 23.1 Å². The van der Waals surface area contributed by atoms with Gasteiger partial charge in [-0.2, -0.15) is 0 Å². The predicted molar refractivity (Wildman–Crippen MR) is 93.7 cm³/mol. The fourth-order valence-corrected chi connectivity index (χ4v) is 3.20. The number of carbonyl (C=O) groups excluding carboxylic acids is 1. The standard InChI is InChI=1S/C16H23N3O4S/c1-16(2,18-6-8-23-9-7-18)11-17-15(20)12-4-5-14(24-3)13(10-12)19(21)22/h4-5,10H,6-9,11H2,1-3H3,(H,17,20). The molecule has 0 spiro atoms. The first kappa shape index (κ1) is 18.7. The van der Waals surface area contributed by atoms with Gasteiger partial charge in [-0.1, -0.05) is 0 Å². The Morgan fingerprint density at radius 3 is 2.67 bits per heavy atom. The average molecular weight is 353 g/mol. The topological polar surface area (TPSA) is 84.7 Å². The summed E-state index contributed by atoms with van der Waals surface area (Å²) in [6.45, 7) is 7.65. The summed E-state index contributed by atoms with van der Waals surface area (Å²) in [6, 6.07) is 4.57. The van der Waals surface area contributed by atoms with E-state index in [2.05, 4.69) is 24.1 Å². The zero-order chi connectivity index (χ0) is 17.7. The number of carbonyl (C=O) groups is 1. The van der Waals surface area contributed by atoms with Crippen LogP contribution in [0.2, 0.25) is 0 Å². The molecule has 1 amide bonds. The third-order valence-electron chi connectivity index (χ3n) is 4.19. The number of nitrogens with one attached hydrogen (secondary N) is 1. The molecule has 0 aromatic heterocycles. The number of morpholine rings is 1. The second kappa shape index (κ2) is 7.96. The summed E-state index contributed by atoms with van der Waals surface area (Å²) >= 11 is 1.29. The molecule has 7 nitrogen and oxygen atoms in total. The summed E-state index contributed by atoms with van der Waals surface area (Å²) in [4.78, 5) is 25.8. The Kier molecular flexibility index (Phi) is 6.20. The maximum absolute atomic E-state index is 12.4. The van der Waals surface area contributed by atoms with E-state index in [1.165, 1.54) is 17.8 Å². The molecule has 132 valence electrons. The zero-order valence-electron chi connectivity index (χ0n) is 14.2. The Hall–Kier alpha value is -1.64. The lowest BCUT2D eigenvalue weighted by molar-refractivity contribution is -0.387. The lowest BCUT2D eigenvalue weighted by Crippen LogP contribution is -2.55. The summed E-state index contributed by atoms with van der Waals surface area (Å²) in [5, 5.41) is 14.0. The van der Waals surface area contributed by atoms with Crippen LogP contribution < -0.4 is 5.32 Å². The van der Waals surface area contributed by atoms with Gasteiger partial charge in [-0.25, -0.2) is 0 Å². The quantitative estimate of drug-likeness (QED) is 0.479. The highest BCUT2D eigenvalue weighted by molar-refractivity contribution is 7.98. The minimum atomic E-state index is -0.458. The number of hydrogen-bond donors (Lipinski definition) is 1. The van der Waals surface area contributed by atoms with Crippen molar-refractivity contribution in [2.24, 2.45) is 0 Å². The highest BCUT2D eigenvalue weighted by Gasteiger charge is 2.29. The summed E-state index contributed by atoms with van der Waals surface area (Å²) in [5.41, 5.74) is 0.0600. The number of rotatable bonds is 6. The van der Waals surface area contributed by atoms with Crippen molar-refractivity contribution >= 4 is 23.4 Å². The van der Waals surface area contributed by atoms with Gasteiger partial charge in [-0.05, 0) is 32.2 Å². The van der Waals surface area contributed by atoms with E-state index < -0.39 is 4.92 Å². The number of nitrogens with zero attached hydrogens (tertiary/aromatic N) is 2. The van der Waals surface area contributed by atoms with Crippen LogP contribution in [-0.2, 0) is 4.74 Å².